The minimum absolute atomic E-state index is 0.0869. The van der Waals surface area contributed by atoms with Crippen LogP contribution in [0.3, 0.4) is 0 Å². The number of rotatable bonds is 4. The van der Waals surface area contributed by atoms with Crippen molar-refractivity contribution in [1.82, 2.24) is 4.90 Å². The second-order valence-electron chi connectivity index (χ2n) is 7.13. The molecule has 0 aromatic heterocycles. The Labute approximate surface area is 189 Å². The number of nitrogens with zero attached hydrogens (tertiary/aromatic N) is 2. The van der Waals surface area contributed by atoms with Gasteiger partial charge in [0.25, 0.3) is 11.8 Å². The molecule has 0 atom stereocenters. The van der Waals surface area contributed by atoms with Gasteiger partial charge in [0.05, 0.1) is 5.56 Å². The van der Waals surface area contributed by atoms with Crippen molar-refractivity contribution < 1.29 is 9.59 Å². The maximum atomic E-state index is 12.6. The minimum Gasteiger partial charge on any atom is -0.368 e. The number of benzene rings is 3. The van der Waals surface area contributed by atoms with E-state index in [0.717, 1.165) is 33.6 Å². The molecule has 1 heterocycles. The average molecular weight is 511 g/mol. The van der Waals surface area contributed by atoms with E-state index in [-0.39, 0.29) is 11.8 Å². The summed E-state index contributed by atoms with van der Waals surface area (Å²) in [5, 5.41) is 2.95. The molecule has 1 saturated heterocycles. The van der Waals surface area contributed by atoms with Gasteiger partial charge in [-0.05, 0) is 71.1 Å². The van der Waals surface area contributed by atoms with Crippen molar-refractivity contribution in [1.29, 1.82) is 0 Å². The molecule has 0 bridgehead atoms. The summed E-state index contributed by atoms with van der Waals surface area (Å²) in [5.74, 6) is -0.0235. The lowest BCUT2D eigenvalue weighted by atomic mass is 10.1. The zero-order valence-electron chi connectivity index (χ0n) is 16.4. The Kier molecular flexibility index (Phi) is 6.32. The Hall–Kier alpha value is -2.87. The van der Waals surface area contributed by atoms with E-state index in [1.54, 1.807) is 0 Å². The number of carbonyl (C=O) groups excluding carboxylic acids is 2. The Morgan fingerprint density at radius 3 is 2.07 bits per heavy atom. The van der Waals surface area contributed by atoms with E-state index in [1.165, 1.54) is 0 Å². The van der Waals surface area contributed by atoms with Gasteiger partial charge in [0, 0.05) is 46.7 Å². The number of carbonyl (C=O) groups is 2. The van der Waals surface area contributed by atoms with E-state index in [9.17, 15) is 9.59 Å². The van der Waals surface area contributed by atoms with E-state index in [2.05, 4.69) is 32.8 Å². The number of piperazine rings is 1. The first kappa shape index (κ1) is 20.4. The van der Waals surface area contributed by atoms with Crippen molar-refractivity contribution in [3.8, 4) is 0 Å². The molecule has 30 heavy (non-hydrogen) atoms. The summed E-state index contributed by atoms with van der Waals surface area (Å²) in [5.41, 5.74) is 3.26. The number of hydrogen-bond donors (Lipinski definition) is 1. The highest BCUT2D eigenvalue weighted by Crippen LogP contribution is 2.21. The summed E-state index contributed by atoms with van der Waals surface area (Å²) in [6.45, 7) is 2.95. The lowest BCUT2D eigenvalue weighted by Gasteiger charge is -2.36. The van der Waals surface area contributed by atoms with Crippen LogP contribution in [0.5, 0.6) is 0 Å². The second-order valence-corrected chi connectivity index (χ2v) is 8.29. The van der Waals surface area contributed by atoms with Crippen molar-refractivity contribution in [2.75, 3.05) is 36.4 Å². The van der Waals surface area contributed by atoms with Gasteiger partial charge in [-0.1, -0.05) is 30.3 Å². The van der Waals surface area contributed by atoms with Crippen LogP contribution in [0.1, 0.15) is 20.7 Å². The smallest absolute Gasteiger partial charge is 0.256 e. The fourth-order valence-corrected chi connectivity index (χ4v) is 4.16. The van der Waals surface area contributed by atoms with Crippen molar-refractivity contribution in [3.05, 3.63) is 93.6 Å². The standard InChI is InChI=1S/C24H22IN3O2/c25-22-9-5-4-8-21(22)23(29)26-19-10-12-20(13-11-19)27-14-16-28(17-15-27)24(30)18-6-2-1-3-7-18/h1-13H,14-17H2,(H,26,29). The fourth-order valence-electron chi connectivity index (χ4n) is 3.53. The molecule has 1 aliphatic rings. The van der Waals surface area contributed by atoms with Gasteiger partial charge < -0.3 is 15.1 Å². The third-order valence-corrected chi connectivity index (χ3v) is 6.14. The predicted molar refractivity (Wildman–Crippen MR) is 128 cm³/mol. The van der Waals surface area contributed by atoms with E-state index in [4.69, 9.17) is 0 Å². The highest BCUT2D eigenvalue weighted by atomic mass is 127. The molecule has 1 N–H and O–H groups in total. The Balaban J connectivity index is 1.34. The molecule has 1 aliphatic heterocycles. The molecular weight excluding hydrogens is 489 g/mol. The summed E-state index contributed by atoms with van der Waals surface area (Å²) >= 11 is 2.17. The lowest BCUT2D eigenvalue weighted by Crippen LogP contribution is -2.48. The average Bonchev–Trinajstić information content (AvgIpc) is 2.80. The maximum Gasteiger partial charge on any atom is 0.256 e. The first-order valence-electron chi connectivity index (χ1n) is 9.87. The van der Waals surface area contributed by atoms with Gasteiger partial charge >= 0.3 is 0 Å². The quantitative estimate of drug-likeness (QED) is 0.525. The molecular formula is C24H22IN3O2. The van der Waals surface area contributed by atoms with Crippen LogP contribution in [-0.4, -0.2) is 42.9 Å². The van der Waals surface area contributed by atoms with Gasteiger partial charge in [-0.2, -0.15) is 0 Å². The second kappa shape index (κ2) is 9.30. The van der Waals surface area contributed by atoms with Crippen molar-refractivity contribution >= 4 is 45.8 Å². The Morgan fingerprint density at radius 2 is 1.40 bits per heavy atom. The molecule has 1 fully saturated rings. The topological polar surface area (TPSA) is 52.7 Å². The van der Waals surface area contributed by atoms with Crippen LogP contribution in [0.25, 0.3) is 0 Å². The number of hydrogen-bond acceptors (Lipinski definition) is 3. The van der Waals surface area contributed by atoms with Gasteiger partial charge in [0.15, 0.2) is 0 Å². The van der Waals surface area contributed by atoms with Crippen LogP contribution >= 0.6 is 22.6 Å². The highest BCUT2D eigenvalue weighted by molar-refractivity contribution is 14.1. The third kappa shape index (κ3) is 4.64. The molecule has 0 unspecified atom stereocenters. The van der Waals surface area contributed by atoms with Crippen LogP contribution in [0.15, 0.2) is 78.9 Å². The van der Waals surface area contributed by atoms with Gasteiger partial charge in [-0.3, -0.25) is 9.59 Å². The fraction of sp³-hybridized carbons (Fsp3) is 0.167. The molecule has 3 aromatic rings. The van der Waals surface area contributed by atoms with Gasteiger partial charge in [0.2, 0.25) is 0 Å². The zero-order chi connectivity index (χ0) is 20.9. The molecule has 0 saturated carbocycles. The number of nitrogens with one attached hydrogen (secondary N) is 1. The summed E-state index contributed by atoms with van der Waals surface area (Å²) < 4.78 is 0.923. The zero-order valence-corrected chi connectivity index (χ0v) is 18.6. The minimum atomic E-state index is -0.110. The van der Waals surface area contributed by atoms with E-state index >= 15 is 0 Å². The van der Waals surface area contributed by atoms with E-state index in [0.29, 0.717) is 18.7 Å². The highest BCUT2D eigenvalue weighted by Gasteiger charge is 2.22. The largest absolute Gasteiger partial charge is 0.368 e. The van der Waals surface area contributed by atoms with Gasteiger partial charge in [-0.15, -0.1) is 0 Å². The summed E-state index contributed by atoms with van der Waals surface area (Å²) in [4.78, 5) is 29.2. The maximum absolute atomic E-state index is 12.6. The van der Waals surface area contributed by atoms with Gasteiger partial charge in [0.1, 0.15) is 0 Å². The number of amides is 2. The molecule has 0 spiro atoms. The number of halogens is 1. The van der Waals surface area contributed by atoms with Gasteiger partial charge in [-0.25, -0.2) is 0 Å². The molecule has 5 nitrogen and oxygen atoms in total. The van der Waals surface area contributed by atoms with Crippen LogP contribution in [0.4, 0.5) is 11.4 Å². The lowest BCUT2D eigenvalue weighted by molar-refractivity contribution is 0.0746. The normalized spacial score (nSPS) is 13.8. The molecule has 4 rings (SSSR count). The molecule has 152 valence electrons. The number of anilines is 2. The molecule has 2 amide bonds. The first-order chi connectivity index (χ1) is 14.6. The van der Waals surface area contributed by atoms with Crippen LogP contribution in [0, 0.1) is 3.57 Å². The van der Waals surface area contributed by atoms with Crippen molar-refractivity contribution in [3.63, 3.8) is 0 Å². The molecule has 6 heteroatoms. The summed E-state index contributed by atoms with van der Waals surface area (Å²) in [6, 6.07) is 24.8. The van der Waals surface area contributed by atoms with E-state index in [1.807, 2.05) is 83.8 Å². The van der Waals surface area contributed by atoms with E-state index < -0.39 is 0 Å². The summed E-state index contributed by atoms with van der Waals surface area (Å²) in [6.07, 6.45) is 0. The first-order valence-corrected chi connectivity index (χ1v) is 10.9. The monoisotopic (exact) mass is 511 g/mol. The molecule has 3 aromatic carbocycles. The van der Waals surface area contributed by atoms with Crippen LogP contribution in [0.2, 0.25) is 0 Å². The van der Waals surface area contributed by atoms with Crippen molar-refractivity contribution in [2.45, 2.75) is 0 Å². The molecule has 0 aliphatic carbocycles. The SMILES string of the molecule is O=C(Nc1ccc(N2CCN(C(=O)c3ccccc3)CC2)cc1)c1ccccc1I. The summed E-state index contributed by atoms with van der Waals surface area (Å²) in [7, 11) is 0. The van der Waals surface area contributed by atoms with Crippen LogP contribution in [-0.2, 0) is 0 Å². The Morgan fingerprint density at radius 1 is 0.767 bits per heavy atom. The predicted octanol–water partition coefficient (Wildman–Crippen LogP) is 4.51. The van der Waals surface area contributed by atoms with Crippen molar-refractivity contribution in [2.24, 2.45) is 0 Å². The van der Waals surface area contributed by atoms with Crippen LogP contribution < -0.4 is 10.2 Å². The molecule has 0 radical (unpaired) electrons. The Bertz CT molecular complexity index is 1030. The third-order valence-electron chi connectivity index (χ3n) is 5.20.